The summed E-state index contributed by atoms with van der Waals surface area (Å²) in [4.78, 5) is 29.6. The lowest BCUT2D eigenvalue weighted by atomic mass is 10.0. The van der Waals surface area contributed by atoms with Crippen LogP contribution in [0.1, 0.15) is 30.9 Å². The average Bonchev–Trinajstić information content (AvgIpc) is 3.06. The molecule has 8 nitrogen and oxygen atoms in total. The fourth-order valence-electron chi connectivity index (χ4n) is 4.90. The largest absolute Gasteiger partial charge is 0.497 e. The Kier molecular flexibility index (Phi) is 12.3. The fraction of sp³-hybridized carbons (Fsp3) is 0.257. The highest BCUT2D eigenvalue weighted by atomic mass is 79.9. The predicted octanol–water partition coefficient (Wildman–Crippen LogP) is 6.35. The number of benzene rings is 4. The number of ether oxygens (including phenoxy) is 1. The molecule has 1 atom stereocenters. The van der Waals surface area contributed by atoms with E-state index in [1.165, 1.54) is 48.4 Å². The van der Waals surface area contributed by atoms with Crippen LogP contribution in [0.3, 0.4) is 0 Å². The molecule has 0 aliphatic rings. The van der Waals surface area contributed by atoms with Crippen molar-refractivity contribution in [2.45, 2.75) is 43.7 Å². The van der Waals surface area contributed by atoms with Crippen LogP contribution in [0.2, 0.25) is 0 Å². The van der Waals surface area contributed by atoms with Crippen LogP contribution in [0.5, 0.6) is 5.75 Å². The van der Waals surface area contributed by atoms with Gasteiger partial charge in [0.2, 0.25) is 11.8 Å². The predicted molar refractivity (Wildman–Crippen MR) is 180 cm³/mol. The molecule has 0 aliphatic heterocycles. The van der Waals surface area contributed by atoms with Gasteiger partial charge in [-0.15, -0.1) is 0 Å². The van der Waals surface area contributed by atoms with Crippen molar-refractivity contribution >= 4 is 43.5 Å². The van der Waals surface area contributed by atoms with Crippen molar-refractivity contribution in [3.8, 4) is 5.75 Å². The molecule has 11 heteroatoms. The summed E-state index contributed by atoms with van der Waals surface area (Å²) >= 11 is 3.48. The third kappa shape index (κ3) is 9.17. The van der Waals surface area contributed by atoms with Crippen molar-refractivity contribution in [3.05, 3.63) is 125 Å². The Labute approximate surface area is 278 Å². The Morgan fingerprint density at radius 2 is 1.59 bits per heavy atom. The minimum atomic E-state index is -4.32. The van der Waals surface area contributed by atoms with Gasteiger partial charge in [0.15, 0.2) is 0 Å². The maximum absolute atomic E-state index is 14.5. The lowest BCUT2D eigenvalue weighted by molar-refractivity contribution is -0.140. The first-order valence-corrected chi connectivity index (χ1v) is 17.1. The van der Waals surface area contributed by atoms with Crippen LogP contribution in [0.4, 0.5) is 10.1 Å². The Morgan fingerprint density at radius 3 is 2.22 bits per heavy atom. The molecule has 0 aliphatic carbocycles. The molecule has 0 unspecified atom stereocenters. The number of halogens is 2. The van der Waals surface area contributed by atoms with Crippen molar-refractivity contribution in [2.24, 2.45) is 0 Å². The third-order valence-electron chi connectivity index (χ3n) is 7.38. The first kappa shape index (κ1) is 34.6. The van der Waals surface area contributed by atoms with Crippen LogP contribution in [-0.2, 0) is 32.6 Å². The number of unbranched alkanes of at least 4 members (excludes halogenated alkanes) is 1. The van der Waals surface area contributed by atoms with E-state index < -0.39 is 34.3 Å². The van der Waals surface area contributed by atoms with Gasteiger partial charge < -0.3 is 15.0 Å². The first-order chi connectivity index (χ1) is 22.1. The topological polar surface area (TPSA) is 96.0 Å². The summed E-state index contributed by atoms with van der Waals surface area (Å²) in [5, 5.41) is 2.97. The van der Waals surface area contributed by atoms with Gasteiger partial charge in [-0.25, -0.2) is 12.8 Å². The monoisotopic (exact) mass is 709 g/mol. The van der Waals surface area contributed by atoms with E-state index in [2.05, 4.69) is 21.2 Å². The zero-order valence-electron chi connectivity index (χ0n) is 25.7. The van der Waals surface area contributed by atoms with Crippen molar-refractivity contribution in [3.63, 3.8) is 0 Å². The quantitative estimate of drug-likeness (QED) is 0.145. The molecule has 0 bridgehead atoms. The Morgan fingerprint density at radius 1 is 0.913 bits per heavy atom. The van der Waals surface area contributed by atoms with Gasteiger partial charge in [0, 0.05) is 24.0 Å². The van der Waals surface area contributed by atoms with Gasteiger partial charge in [-0.1, -0.05) is 71.7 Å². The van der Waals surface area contributed by atoms with E-state index in [0.717, 1.165) is 44.9 Å². The lowest BCUT2D eigenvalue weighted by Crippen LogP contribution is -2.53. The smallest absolute Gasteiger partial charge is 0.264 e. The van der Waals surface area contributed by atoms with E-state index in [0.29, 0.717) is 12.3 Å². The number of hydrogen-bond acceptors (Lipinski definition) is 5. The van der Waals surface area contributed by atoms with Gasteiger partial charge in [-0.2, -0.15) is 0 Å². The van der Waals surface area contributed by atoms with E-state index in [1.807, 2.05) is 61.5 Å². The minimum absolute atomic E-state index is 0.0385. The van der Waals surface area contributed by atoms with Crippen molar-refractivity contribution in [1.29, 1.82) is 0 Å². The number of carbonyl (C=O) groups excluding carboxylic acids is 2. The SMILES string of the molecule is CCCCNC(=O)[C@H](Cc1ccccc1)N(Cc1cccc(Br)c1)C(=O)CN(c1ccc(F)cc1)S(=O)(=O)c1ccc(OC)cc1. The maximum Gasteiger partial charge on any atom is 0.264 e. The molecule has 0 aromatic heterocycles. The number of carbonyl (C=O) groups is 2. The van der Waals surface area contributed by atoms with Crippen LogP contribution in [0, 0.1) is 5.82 Å². The standard InChI is InChI=1S/C35H37BrFN3O5S/c1-3-4-21-38-35(42)33(23-26-9-6-5-7-10-26)39(24-27-11-8-12-28(36)22-27)34(41)25-40(30-15-13-29(37)14-16-30)46(43,44)32-19-17-31(45-2)18-20-32/h5-20,22,33H,3-4,21,23-25H2,1-2H3,(H,38,42)/t33-/m0/s1. The number of nitrogens with one attached hydrogen (secondary N) is 1. The van der Waals surface area contributed by atoms with Crippen LogP contribution >= 0.6 is 15.9 Å². The second-order valence-electron chi connectivity index (χ2n) is 10.7. The fourth-order valence-corrected chi connectivity index (χ4v) is 6.76. The highest BCUT2D eigenvalue weighted by Gasteiger charge is 2.34. The van der Waals surface area contributed by atoms with E-state index >= 15 is 0 Å². The number of hydrogen-bond donors (Lipinski definition) is 1. The minimum Gasteiger partial charge on any atom is -0.497 e. The van der Waals surface area contributed by atoms with Gasteiger partial charge in [-0.05, 0) is 78.2 Å². The average molecular weight is 711 g/mol. The molecule has 46 heavy (non-hydrogen) atoms. The Balaban J connectivity index is 1.78. The second kappa shape index (κ2) is 16.4. The van der Waals surface area contributed by atoms with Crippen LogP contribution in [-0.4, -0.2) is 51.4 Å². The van der Waals surface area contributed by atoms with Gasteiger partial charge >= 0.3 is 0 Å². The lowest BCUT2D eigenvalue weighted by Gasteiger charge is -2.34. The van der Waals surface area contributed by atoms with Gasteiger partial charge in [0.05, 0.1) is 17.7 Å². The van der Waals surface area contributed by atoms with Crippen molar-refractivity contribution in [1.82, 2.24) is 10.2 Å². The number of nitrogens with zero attached hydrogens (tertiary/aromatic N) is 2. The molecular formula is C35H37BrFN3O5S. The zero-order chi connectivity index (χ0) is 33.1. The highest BCUT2D eigenvalue weighted by Crippen LogP contribution is 2.27. The summed E-state index contributed by atoms with van der Waals surface area (Å²) in [6.07, 6.45) is 1.85. The summed E-state index contributed by atoms with van der Waals surface area (Å²) in [5.41, 5.74) is 1.68. The number of amides is 2. The van der Waals surface area contributed by atoms with Gasteiger partial charge in [-0.3, -0.25) is 13.9 Å². The molecule has 4 rings (SSSR count). The van der Waals surface area contributed by atoms with E-state index in [1.54, 1.807) is 0 Å². The number of sulfonamides is 1. The summed E-state index contributed by atoms with van der Waals surface area (Å²) < 4.78 is 49.0. The van der Waals surface area contributed by atoms with Crippen LogP contribution < -0.4 is 14.4 Å². The highest BCUT2D eigenvalue weighted by molar-refractivity contribution is 9.10. The van der Waals surface area contributed by atoms with E-state index in [9.17, 15) is 22.4 Å². The number of anilines is 1. The Bertz CT molecular complexity index is 1700. The molecule has 4 aromatic carbocycles. The van der Waals surface area contributed by atoms with Gasteiger partial charge in [0.25, 0.3) is 10.0 Å². The normalized spacial score (nSPS) is 11.8. The zero-order valence-corrected chi connectivity index (χ0v) is 28.1. The third-order valence-corrected chi connectivity index (χ3v) is 9.66. The summed E-state index contributed by atoms with van der Waals surface area (Å²) in [6.45, 7) is 1.86. The molecule has 242 valence electrons. The van der Waals surface area contributed by atoms with E-state index in [4.69, 9.17) is 4.74 Å². The molecule has 0 heterocycles. The van der Waals surface area contributed by atoms with Crippen LogP contribution in [0.25, 0.3) is 0 Å². The Hall–Kier alpha value is -4.22. The summed E-state index contributed by atoms with van der Waals surface area (Å²) in [6, 6.07) is 26.4. The second-order valence-corrected chi connectivity index (χ2v) is 13.4. The molecule has 0 spiro atoms. The van der Waals surface area contributed by atoms with Crippen molar-refractivity contribution < 1.29 is 27.1 Å². The van der Waals surface area contributed by atoms with Crippen molar-refractivity contribution in [2.75, 3.05) is 24.5 Å². The molecule has 0 fully saturated rings. The first-order valence-electron chi connectivity index (χ1n) is 14.9. The summed E-state index contributed by atoms with van der Waals surface area (Å²) in [5.74, 6) is -1.04. The molecule has 0 radical (unpaired) electrons. The van der Waals surface area contributed by atoms with Crippen LogP contribution in [0.15, 0.2) is 112 Å². The number of rotatable bonds is 15. The molecule has 0 saturated heterocycles. The van der Waals surface area contributed by atoms with Gasteiger partial charge in [0.1, 0.15) is 24.2 Å². The molecule has 0 saturated carbocycles. The summed E-state index contributed by atoms with van der Waals surface area (Å²) in [7, 11) is -2.85. The molecule has 4 aromatic rings. The molecule has 1 N–H and O–H groups in total. The molecular weight excluding hydrogens is 673 g/mol. The maximum atomic E-state index is 14.5. The molecule has 2 amide bonds. The van der Waals surface area contributed by atoms with E-state index in [-0.39, 0.29) is 29.5 Å². The number of methoxy groups -OCH3 is 1.